The van der Waals surface area contributed by atoms with E-state index in [-0.39, 0.29) is 37.5 Å². The van der Waals surface area contributed by atoms with Gasteiger partial charge in [-0.1, -0.05) is 36.4 Å². The normalized spacial score (nSPS) is 24.2. The number of allylic oxidation sites excluding steroid dienone is 1. The fourth-order valence-corrected chi connectivity index (χ4v) is 7.79. The first-order valence-corrected chi connectivity index (χ1v) is 18.0. The van der Waals surface area contributed by atoms with Crippen molar-refractivity contribution in [3.8, 4) is 22.8 Å². The molecular formula is C37H43N3O8S. The second kappa shape index (κ2) is 12.5. The highest BCUT2D eigenvalue weighted by molar-refractivity contribution is 7.91. The average molecular weight is 690 g/mol. The van der Waals surface area contributed by atoms with Crippen LogP contribution in [-0.4, -0.2) is 72.2 Å². The predicted octanol–water partition coefficient (Wildman–Crippen LogP) is 5.82. The van der Waals surface area contributed by atoms with Crippen molar-refractivity contribution in [2.45, 2.75) is 82.3 Å². The fourth-order valence-electron chi connectivity index (χ4n) is 6.45. The zero-order chi connectivity index (χ0) is 35.4. The number of rotatable bonds is 11. The number of likely N-dealkylation sites (tertiary alicyclic amines) is 1. The molecule has 3 aromatic rings. The fraction of sp³-hybridized carbons (Fsp3) is 0.459. The molecule has 2 aliphatic carbocycles. The number of pyridine rings is 1. The molecule has 2 saturated carbocycles. The Labute approximate surface area is 287 Å². The number of carbonyl (C=O) groups is 3. The molecule has 0 bridgehead atoms. The second-order valence-corrected chi connectivity index (χ2v) is 16.8. The molecular weight excluding hydrogens is 646 g/mol. The van der Waals surface area contributed by atoms with E-state index in [1.807, 2.05) is 54.6 Å². The maximum absolute atomic E-state index is 14.1. The minimum absolute atomic E-state index is 0.0583. The van der Waals surface area contributed by atoms with Crippen LogP contribution in [0.1, 0.15) is 59.8 Å². The van der Waals surface area contributed by atoms with E-state index >= 15 is 0 Å². The number of hydrogen-bond acceptors (Lipinski definition) is 9. The summed E-state index contributed by atoms with van der Waals surface area (Å²) in [6.45, 7) is 10.7. The van der Waals surface area contributed by atoms with Crippen molar-refractivity contribution >= 4 is 38.7 Å². The van der Waals surface area contributed by atoms with Crippen LogP contribution in [0.15, 0.2) is 67.3 Å². The largest absolute Gasteiger partial charge is 0.497 e. The zero-order valence-corrected chi connectivity index (χ0v) is 29.3. The summed E-state index contributed by atoms with van der Waals surface area (Å²) in [5, 5.41) is 0.729. The van der Waals surface area contributed by atoms with Gasteiger partial charge in [-0.2, -0.15) is 0 Å². The maximum Gasteiger partial charge on any atom is 0.411 e. The number of ether oxygens (including phenoxy) is 3. The Hall–Kier alpha value is -4.45. The molecule has 2 heterocycles. The lowest BCUT2D eigenvalue weighted by Gasteiger charge is -2.28. The Morgan fingerprint density at radius 2 is 1.82 bits per heavy atom. The topological polar surface area (TPSA) is 141 Å². The van der Waals surface area contributed by atoms with Gasteiger partial charge >= 0.3 is 6.09 Å². The van der Waals surface area contributed by atoms with Crippen LogP contribution in [0.3, 0.4) is 0 Å². The van der Waals surface area contributed by atoms with Crippen molar-refractivity contribution in [1.29, 1.82) is 0 Å². The van der Waals surface area contributed by atoms with Crippen LogP contribution in [0.2, 0.25) is 0 Å². The molecule has 1 saturated heterocycles. The Kier molecular flexibility index (Phi) is 8.75. The molecule has 1 aliphatic heterocycles. The number of nitrogens with one attached hydrogen (secondary N) is 1. The smallest absolute Gasteiger partial charge is 0.411 e. The molecule has 2 amide bonds. The van der Waals surface area contributed by atoms with Gasteiger partial charge < -0.3 is 14.2 Å². The first-order chi connectivity index (χ1) is 23.1. The highest BCUT2D eigenvalue weighted by Crippen LogP contribution is 2.57. The van der Waals surface area contributed by atoms with E-state index in [0.29, 0.717) is 35.6 Å². The number of Topliss-reactive ketones (excluding diaryl/α,β-unsaturated/α-hetero) is 1. The summed E-state index contributed by atoms with van der Waals surface area (Å²) in [4.78, 5) is 47.4. The lowest BCUT2D eigenvalue weighted by atomic mass is 9.91. The number of benzene rings is 2. The van der Waals surface area contributed by atoms with Crippen molar-refractivity contribution in [3.63, 3.8) is 0 Å². The van der Waals surface area contributed by atoms with Crippen LogP contribution < -0.4 is 14.2 Å². The lowest BCUT2D eigenvalue weighted by molar-refractivity contribution is -0.131. The third-order valence-corrected chi connectivity index (χ3v) is 12.0. The molecule has 0 spiro atoms. The summed E-state index contributed by atoms with van der Waals surface area (Å²) in [6, 6.07) is 16.0. The number of amides is 2. The Bertz CT molecular complexity index is 1920. The van der Waals surface area contributed by atoms with Crippen LogP contribution in [0, 0.1) is 11.3 Å². The number of methoxy groups -OCH3 is 1. The van der Waals surface area contributed by atoms with Crippen LogP contribution in [0.4, 0.5) is 4.79 Å². The summed E-state index contributed by atoms with van der Waals surface area (Å²) >= 11 is 0. The number of aromatic nitrogens is 1. The summed E-state index contributed by atoms with van der Waals surface area (Å²) in [7, 11) is -2.33. The monoisotopic (exact) mass is 689 g/mol. The Balaban J connectivity index is 1.29. The molecule has 1 aromatic heterocycles. The summed E-state index contributed by atoms with van der Waals surface area (Å²) in [5.74, 6) is -0.300. The average Bonchev–Trinajstić information content (AvgIpc) is 3.94. The first kappa shape index (κ1) is 34.4. The molecule has 4 atom stereocenters. The summed E-state index contributed by atoms with van der Waals surface area (Å²) in [6.07, 6.45) is 1.41. The van der Waals surface area contributed by atoms with Gasteiger partial charge in [0.1, 0.15) is 23.2 Å². The zero-order valence-electron chi connectivity index (χ0n) is 28.5. The van der Waals surface area contributed by atoms with E-state index in [1.165, 1.54) is 4.90 Å². The van der Waals surface area contributed by atoms with Crippen molar-refractivity contribution in [1.82, 2.24) is 14.6 Å². The van der Waals surface area contributed by atoms with E-state index < -0.39 is 49.9 Å². The van der Waals surface area contributed by atoms with Crippen molar-refractivity contribution in [2.24, 2.45) is 11.3 Å². The minimum atomic E-state index is -3.91. The molecule has 3 fully saturated rings. The van der Waals surface area contributed by atoms with E-state index in [4.69, 9.17) is 19.2 Å². The van der Waals surface area contributed by atoms with Crippen molar-refractivity contribution < 1.29 is 37.0 Å². The predicted molar refractivity (Wildman–Crippen MR) is 185 cm³/mol. The summed E-state index contributed by atoms with van der Waals surface area (Å²) in [5.41, 5.74) is 0.124. The van der Waals surface area contributed by atoms with Crippen LogP contribution >= 0.6 is 0 Å². The van der Waals surface area contributed by atoms with Crippen molar-refractivity contribution in [3.05, 3.63) is 67.3 Å². The number of fused-ring (bicyclic) bond motifs is 1. The van der Waals surface area contributed by atoms with Gasteiger partial charge in [0, 0.05) is 35.9 Å². The van der Waals surface area contributed by atoms with Gasteiger partial charge in [0.15, 0.2) is 5.78 Å². The number of hydrogen-bond donors (Lipinski definition) is 1. The summed E-state index contributed by atoms with van der Waals surface area (Å²) < 4.78 is 44.9. The van der Waals surface area contributed by atoms with E-state index in [1.54, 1.807) is 40.9 Å². The van der Waals surface area contributed by atoms with Crippen LogP contribution in [0.25, 0.3) is 22.2 Å². The van der Waals surface area contributed by atoms with Crippen LogP contribution in [-0.2, 0) is 24.3 Å². The van der Waals surface area contributed by atoms with Gasteiger partial charge in [-0.05, 0) is 65.0 Å². The third kappa shape index (κ3) is 6.88. The van der Waals surface area contributed by atoms with E-state index in [2.05, 4.69) is 11.3 Å². The molecule has 0 radical (unpaired) electrons. The Morgan fingerprint density at radius 3 is 2.43 bits per heavy atom. The lowest BCUT2D eigenvalue weighted by Crippen LogP contribution is -2.46. The number of nitrogens with zero attached hydrogens (tertiary/aromatic N) is 2. The molecule has 260 valence electrons. The quantitative estimate of drug-likeness (QED) is 0.247. The molecule has 12 heteroatoms. The first-order valence-electron chi connectivity index (χ1n) is 16.5. The molecule has 49 heavy (non-hydrogen) atoms. The van der Waals surface area contributed by atoms with Crippen LogP contribution in [0.5, 0.6) is 11.5 Å². The van der Waals surface area contributed by atoms with Gasteiger partial charge in [-0.3, -0.25) is 19.2 Å². The third-order valence-electron chi connectivity index (χ3n) is 9.79. The highest BCUT2D eigenvalue weighted by Gasteiger charge is 2.62. The van der Waals surface area contributed by atoms with E-state index in [9.17, 15) is 22.8 Å². The highest BCUT2D eigenvalue weighted by atomic mass is 32.2. The molecule has 1 N–H and O–H groups in total. The molecule has 2 aromatic carbocycles. The Morgan fingerprint density at radius 1 is 1.10 bits per heavy atom. The van der Waals surface area contributed by atoms with Gasteiger partial charge in [0.25, 0.3) is 0 Å². The van der Waals surface area contributed by atoms with E-state index in [0.717, 1.165) is 10.9 Å². The number of sulfonamides is 1. The van der Waals surface area contributed by atoms with Crippen molar-refractivity contribution in [2.75, 3.05) is 13.7 Å². The number of ketones is 1. The molecule has 0 unspecified atom stereocenters. The molecule has 6 rings (SSSR count). The minimum Gasteiger partial charge on any atom is -0.497 e. The standard InChI is InChI=1S/C37H43N3O8S/c1-7-24-20-37(24,33(42)39-49(44,45)36(5)15-16-36)21-31(41)30-18-26(22-40(30)34(43)48-35(2,3)4)47-32-19-28(23-11-9-8-10-12-23)38-29-17-25(46-6)13-14-27(29)32/h7-14,17,19,24,26,30H,1,15-16,18,20-22H2,2-6H3,(H,39,42)/t24-,26-,30+,37-/m1/s1. The molecule has 11 nitrogen and oxygen atoms in total. The second-order valence-electron chi connectivity index (χ2n) is 14.6. The van der Waals surface area contributed by atoms with Gasteiger partial charge in [-0.15, -0.1) is 6.58 Å². The number of carbonyl (C=O) groups excluding carboxylic acids is 3. The SMILES string of the molecule is C=C[C@@H]1C[C@]1(CC(=O)[C@@H]1C[C@@H](Oc2cc(-c3ccccc3)nc3cc(OC)ccc23)CN1C(=O)OC(C)(C)C)C(=O)NS(=O)(=O)C1(C)CC1. The van der Waals surface area contributed by atoms with Gasteiger partial charge in [-0.25, -0.2) is 18.2 Å². The van der Waals surface area contributed by atoms with Gasteiger partial charge in [0.05, 0.1) is 41.1 Å². The molecule has 3 aliphatic rings. The van der Waals surface area contributed by atoms with Gasteiger partial charge in [0.2, 0.25) is 15.9 Å². The maximum atomic E-state index is 14.1.